The first-order valence-electron chi connectivity index (χ1n) is 6.05. The molecule has 2 heteroatoms. The number of furan rings is 1. The van der Waals surface area contributed by atoms with Crippen LogP contribution in [0.5, 0.6) is 0 Å². The molecule has 0 bridgehead atoms. The molecule has 1 N–H and O–H groups in total. The van der Waals surface area contributed by atoms with E-state index in [9.17, 15) is 0 Å². The molecule has 2 aromatic rings. The number of fused-ring (bicyclic) bond motifs is 2. The summed E-state index contributed by atoms with van der Waals surface area (Å²) in [6.45, 7) is 1.01. The molecular formula is C14H17NO. The van der Waals surface area contributed by atoms with E-state index in [0.29, 0.717) is 0 Å². The van der Waals surface area contributed by atoms with Crippen molar-refractivity contribution in [3.8, 4) is 0 Å². The van der Waals surface area contributed by atoms with Crippen LogP contribution in [0.4, 0.5) is 0 Å². The van der Waals surface area contributed by atoms with E-state index < -0.39 is 0 Å². The number of aryl methyl sites for hydroxylation is 2. The lowest BCUT2D eigenvalue weighted by molar-refractivity contribution is 0.608. The van der Waals surface area contributed by atoms with Crippen molar-refractivity contribution < 1.29 is 4.42 Å². The third kappa shape index (κ3) is 1.54. The SMILES string of the molecule is CNCCc1coc2cc3c(cc12)CCC3. The van der Waals surface area contributed by atoms with Crippen LogP contribution >= 0.6 is 0 Å². The van der Waals surface area contributed by atoms with Gasteiger partial charge in [0.1, 0.15) is 5.58 Å². The van der Waals surface area contributed by atoms with Gasteiger partial charge < -0.3 is 9.73 Å². The van der Waals surface area contributed by atoms with E-state index in [1.165, 1.54) is 41.3 Å². The first kappa shape index (κ1) is 9.91. The molecular weight excluding hydrogens is 198 g/mol. The maximum absolute atomic E-state index is 5.64. The molecule has 16 heavy (non-hydrogen) atoms. The normalized spacial score (nSPS) is 14.6. The number of likely N-dealkylation sites (N-methyl/N-ethyl adjacent to an activating group) is 1. The van der Waals surface area contributed by atoms with Gasteiger partial charge in [-0.2, -0.15) is 0 Å². The van der Waals surface area contributed by atoms with E-state index in [0.717, 1.165) is 18.5 Å². The van der Waals surface area contributed by atoms with Crippen LogP contribution in [0.1, 0.15) is 23.1 Å². The van der Waals surface area contributed by atoms with Crippen molar-refractivity contribution in [2.75, 3.05) is 13.6 Å². The highest BCUT2D eigenvalue weighted by Gasteiger charge is 2.14. The molecule has 1 aromatic heterocycles. The summed E-state index contributed by atoms with van der Waals surface area (Å²) < 4.78 is 5.64. The summed E-state index contributed by atoms with van der Waals surface area (Å²) in [4.78, 5) is 0. The smallest absolute Gasteiger partial charge is 0.134 e. The number of rotatable bonds is 3. The Morgan fingerprint density at radius 3 is 2.88 bits per heavy atom. The third-order valence-corrected chi connectivity index (χ3v) is 3.51. The summed E-state index contributed by atoms with van der Waals surface area (Å²) in [5.74, 6) is 0. The number of benzene rings is 1. The molecule has 1 aromatic carbocycles. The molecule has 1 heterocycles. The van der Waals surface area contributed by atoms with Crippen LogP contribution in [0, 0.1) is 0 Å². The summed E-state index contributed by atoms with van der Waals surface area (Å²) in [6, 6.07) is 4.58. The van der Waals surface area contributed by atoms with Crippen molar-refractivity contribution in [2.24, 2.45) is 0 Å². The molecule has 0 atom stereocenters. The molecule has 1 aliphatic rings. The third-order valence-electron chi connectivity index (χ3n) is 3.51. The van der Waals surface area contributed by atoms with Gasteiger partial charge in [-0.05, 0) is 68.1 Å². The van der Waals surface area contributed by atoms with Crippen LogP contribution in [0.3, 0.4) is 0 Å². The van der Waals surface area contributed by atoms with Gasteiger partial charge in [-0.3, -0.25) is 0 Å². The lowest BCUT2D eigenvalue weighted by atomic mass is 10.0. The number of hydrogen-bond acceptors (Lipinski definition) is 2. The molecule has 0 radical (unpaired) electrons. The Hall–Kier alpha value is -1.28. The number of hydrogen-bond donors (Lipinski definition) is 1. The van der Waals surface area contributed by atoms with Gasteiger partial charge in [0, 0.05) is 5.39 Å². The highest BCUT2D eigenvalue weighted by molar-refractivity contribution is 5.83. The van der Waals surface area contributed by atoms with Gasteiger partial charge in [-0.1, -0.05) is 0 Å². The van der Waals surface area contributed by atoms with Gasteiger partial charge in [-0.25, -0.2) is 0 Å². The monoisotopic (exact) mass is 215 g/mol. The molecule has 0 saturated carbocycles. The first-order valence-corrected chi connectivity index (χ1v) is 6.05. The highest BCUT2D eigenvalue weighted by Crippen LogP contribution is 2.30. The molecule has 1 aliphatic carbocycles. The van der Waals surface area contributed by atoms with E-state index in [1.54, 1.807) is 0 Å². The van der Waals surface area contributed by atoms with Crippen molar-refractivity contribution in [1.29, 1.82) is 0 Å². The Morgan fingerprint density at radius 2 is 2.06 bits per heavy atom. The van der Waals surface area contributed by atoms with E-state index >= 15 is 0 Å². The molecule has 84 valence electrons. The van der Waals surface area contributed by atoms with Crippen molar-refractivity contribution in [3.63, 3.8) is 0 Å². The van der Waals surface area contributed by atoms with E-state index in [1.807, 2.05) is 13.3 Å². The van der Waals surface area contributed by atoms with Crippen molar-refractivity contribution in [3.05, 3.63) is 35.1 Å². The van der Waals surface area contributed by atoms with Crippen molar-refractivity contribution >= 4 is 11.0 Å². The van der Waals surface area contributed by atoms with Crippen LogP contribution < -0.4 is 5.32 Å². The average Bonchev–Trinajstić information content (AvgIpc) is 2.89. The van der Waals surface area contributed by atoms with Crippen molar-refractivity contribution in [1.82, 2.24) is 5.32 Å². The Bertz CT molecular complexity index is 513. The zero-order valence-corrected chi connectivity index (χ0v) is 9.68. The maximum atomic E-state index is 5.64. The predicted octanol–water partition coefficient (Wildman–Crippen LogP) is 2.68. The molecule has 0 spiro atoms. The fraction of sp³-hybridized carbons (Fsp3) is 0.429. The van der Waals surface area contributed by atoms with E-state index in [-0.39, 0.29) is 0 Å². The van der Waals surface area contributed by atoms with E-state index in [2.05, 4.69) is 17.4 Å². The Balaban J connectivity index is 2.05. The van der Waals surface area contributed by atoms with Crippen LogP contribution in [0.15, 0.2) is 22.8 Å². The standard InChI is InChI=1S/C14H17NO/c1-15-6-5-12-9-16-14-8-11-4-2-3-10(11)7-13(12)14/h7-9,15H,2-6H2,1H3. The second-order valence-electron chi connectivity index (χ2n) is 4.59. The zero-order chi connectivity index (χ0) is 11.0. The maximum Gasteiger partial charge on any atom is 0.134 e. The van der Waals surface area contributed by atoms with Crippen LogP contribution in [0.2, 0.25) is 0 Å². The molecule has 3 rings (SSSR count). The summed E-state index contributed by atoms with van der Waals surface area (Å²) in [6.07, 6.45) is 6.72. The molecule has 2 nitrogen and oxygen atoms in total. The fourth-order valence-electron chi connectivity index (χ4n) is 2.60. The minimum absolute atomic E-state index is 1.01. The van der Waals surface area contributed by atoms with Crippen molar-refractivity contribution in [2.45, 2.75) is 25.7 Å². The van der Waals surface area contributed by atoms with E-state index in [4.69, 9.17) is 4.42 Å². The minimum Gasteiger partial charge on any atom is -0.464 e. The molecule has 0 unspecified atom stereocenters. The van der Waals surface area contributed by atoms with Gasteiger partial charge in [0.25, 0.3) is 0 Å². The van der Waals surface area contributed by atoms with Crippen LogP contribution in [0.25, 0.3) is 11.0 Å². The molecule has 0 saturated heterocycles. The second-order valence-corrected chi connectivity index (χ2v) is 4.59. The molecule has 0 aliphatic heterocycles. The summed E-state index contributed by atoms with van der Waals surface area (Å²) >= 11 is 0. The predicted molar refractivity (Wildman–Crippen MR) is 65.9 cm³/mol. The zero-order valence-electron chi connectivity index (χ0n) is 9.68. The summed E-state index contributed by atoms with van der Waals surface area (Å²) in [5, 5.41) is 4.50. The summed E-state index contributed by atoms with van der Waals surface area (Å²) in [5.41, 5.74) is 5.41. The second kappa shape index (κ2) is 3.95. The molecule has 0 fully saturated rings. The topological polar surface area (TPSA) is 25.2 Å². The lowest BCUT2D eigenvalue weighted by Crippen LogP contribution is -2.09. The van der Waals surface area contributed by atoms with Gasteiger partial charge in [0.15, 0.2) is 0 Å². The summed E-state index contributed by atoms with van der Waals surface area (Å²) in [7, 11) is 1.99. The Kier molecular flexibility index (Phi) is 2.44. The van der Waals surface area contributed by atoms with Gasteiger partial charge in [0.2, 0.25) is 0 Å². The van der Waals surface area contributed by atoms with Crippen LogP contribution in [-0.2, 0) is 19.3 Å². The van der Waals surface area contributed by atoms with Gasteiger partial charge in [0.05, 0.1) is 6.26 Å². The van der Waals surface area contributed by atoms with Gasteiger partial charge >= 0.3 is 0 Å². The Labute approximate surface area is 95.6 Å². The fourth-order valence-corrected chi connectivity index (χ4v) is 2.60. The first-order chi connectivity index (χ1) is 7.88. The largest absolute Gasteiger partial charge is 0.464 e. The lowest BCUT2D eigenvalue weighted by Gasteiger charge is -2.01. The minimum atomic E-state index is 1.01. The molecule has 0 amide bonds. The van der Waals surface area contributed by atoms with Gasteiger partial charge in [-0.15, -0.1) is 0 Å². The van der Waals surface area contributed by atoms with Crippen LogP contribution in [-0.4, -0.2) is 13.6 Å². The Morgan fingerprint density at radius 1 is 1.25 bits per heavy atom. The quantitative estimate of drug-likeness (QED) is 0.851. The average molecular weight is 215 g/mol. The highest BCUT2D eigenvalue weighted by atomic mass is 16.3. The number of nitrogens with one attached hydrogen (secondary N) is 1.